The van der Waals surface area contributed by atoms with Crippen molar-refractivity contribution in [3.8, 4) is 0 Å². The van der Waals surface area contributed by atoms with Crippen molar-refractivity contribution in [1.82, 2.24) is 4.98 Å². The molecule has 1 aliphatic rings. The first kappa shape index (κ1) is 12.5. The summed E-state index contributed by atoms with van der Waals surface area (Å²) in [6.07, 6.45) is 2.60. The number of anilines is 2. The van der Waals surface area contributed by atoms with Crippen molar-refractivity contribution < 1.29 is 0 Å². The largest absolute Gasteiger partial charge is 0.375 e. The fraction of sp³-hybridized carbons (Fsp3) is 0.400. The fourth-order valence-electron chi connectivity index (χ4n) is 2.57. The molecule has 0 bridgehead atoms. The van der Waals surface area contributed by atoms with Crippen molar-refractivity contribution in [2.24, 2.45) is 0 Å². The molecule has 3 nitrogen and oxygen atoms in total. The number of para-hydroxylation sites is 2. The molecule has 19 heavy (non-hydrogen) atoms. The number of nitrogens with one attached hydrogen (secondary N) is 1. The van der Waals surface area contributed by atoms with Gasteiger partial charge in [-0.1, -0.05) is 12.1 Å². The van der Waals surface area contributed by atoms with Gasteiger partial charge in [-0.2, -0.15) is 0 Å². The van der Waals surface area contributed by atoms with Crippen LogP contribution in [0.25, 0.3) is 0 Å². The zero-order chi connectivity index (χ0) is 13.1. The highest BCUT2D eigenvalue weighted by molar-refractivity contribution is 7.07. The number of nitrogens with zero attached hydrogens (tertiary/aromatic N) is 2. The van der Waals surface area contributed by atoms with Gasteiger partial charge in [-0.3, -0.25) is 0 Å². The Morgan fingerprint density at radius 3 is 2.79 bits per heavy atom. The van der Waals surface area contributed by atoms with Crippen LogP contribution in [0.5, 0.6) is 0 Å². The first-order valence-electron chi connectivity index (χ1n) is 6.83. The SMILES string of the molecule is CC(Nc1ccccc1N1CCCC1)c1cscn1. The quantitative estimate of drug-likeness (QED) is 0.915. The third-order valence-corrected chi connectivity index (χ3v) is 4.22. The average molecular weight is 273 g/mol. The molecule has 0 radical (unpaired) electrons. The van der Waals surface area contributed by atoms with E-state index in [4.69, 9.17) is 0 Å². The maximum Gasteiger partial charge on any atom is 0.0795 e. The first-order valence-corrected chi connectivity index (χ1v) is 7.77. The van der Waals surface area contributed by atoms with E-state index in [1.165, 1.54) is 37.3 Å². The van der Waals surface area contributed by atoms with Crippen LogP contribution in [0.1, 0.15) is 31.5 Å². The molecule has 0 spiro atoms. The van der Waals surface area contributed by atoms with Gasteiger partial charge in [0.15, 0.2) is 0 Å². The minimum absolute atomic E-state index is 0.245. The Morgan fingerprint density at radius 2 is 2.05 bits per heavy atom. The van der Waals surface area contributed by atoms with E-state index in [1.54, 1.807) is 11.3 Å². The van der Waals surface area contributed by atoms with Crippen molar-refractivity contribution >= 4 is 22.7 Å². The normalized spacial score (nSPS) is 16.6. The summed E-state index contributed by atoms with van der Waals surface area (Å²) in [7, 11) is 0. The monoisotopic (exact) mass is 273 g/mol. The summed E-state index contributed by atoms with van der Waals surface area (Å²) >= 11 is 1.65. The van der Waals surface area contributed by atoms with Gasteiger partial charge in [0.25, 0.3) is 0 Å². The van der Waals surface area contributed by atoms with Crippen molar-refractivity contribution in [3.63, 3.8) is 0 Å². The Kier molecular flexibility index (Phi) is 3.69. The Morgan fingerprint density at radius 1 is 1.26 bits per heavy atom. The zero-order valence-corrected chi connectivity index (χ0v) is 12.0. The lowest BCUT2D eigenvalue weighted by Gasteiger charge is -2.23. The van der Waals surface area contributed by atoms with E-state index < -0.39 is 0 Å². The van der Waals surface area contributed by atoms with Crippen molar-refractivity contribution in [1.29, 1.82) is 0 Å². The van der Waals surface area contributed by atoms with Crippen LogP contribution >= 0.6 is 11.3 Å². The van der Waals surface area contributed by atoms with E-state index in [1.807, 2.05) is 5.51 Å². The molecular formula is C15H19N3S. The zero-order valence-electron chi connectivity index (χ0n) is 11.2. The highest BCUT2D eigenvalue weighted by Crippen LogP contribution is 2.31. The molecule has 1 aromatic heterocycles. The average Bonchev–Trinajstić information content (AvgIpc) is 3.13. The van der Waals surface area contributed by atoms with E-state index in [-0.39, 0.29) is 6.04 Å². The molecule has 2 aromatic rings. The number of rotatable bonds is 4. The van der Waals surface area contributed by atoms with Gasteiger partial charge in [0, 0.05) is 18.5 Å². The molecular weight excluding hydrogens is 254 g/mol. The van der Waals surface area contributed by atoms with Gasteiger partial charge in [-0.25, -0.2) is 4.98 Å². The molecule has 1 fully saturated rings. The third-order valence-electron chi connectivity index (χ3n) is 3.62. The molecule has 1 aromatic carbocycles. The number of thiazole rings is 1. The molecule has 0 saturated carbocycles. The predicted molar refractivity (Wildman–Crippen MR) is 82.0 cm³/mol. The Bertz CT molecular complexity index is 518. The lowest BCUT2D eigenvalue weighted by atomic mass is 10.2. The third kappa shape index (κ3) is 2.73. The summed E-state index contributed by atoms with van der Waals surface area (Å²) in [5.74, 6) is 0. The van der Waals surface area contributed by atoms with Crippen LogP contribution < -0.4 is 10.2 Å². The Balaban J connectivity index is 1.80. The molecule has 2 heterocycles. The van der Waals surface area contributed by atoms with Crippen molar-refractivity contribution in [2.45, 2.75) is 25.8 Å². The van der Waals surface area contributed by atoms with E-state index in [0.717, 1.165) is 5.69 Å². The standard InChI is InChI=1S/C15H19N3S/c1-12(14-10-19-11-16-14)17-13-6-2-3-7-15(13)18-8-4-5-9-18/h2-3,6-7,10-12,17H,4-5,8-9H2,1H3. The molecule has 0 amide bonds. The first-order chi connectivity index (χ1) is 9.34. The maximum atomic E-state index is 4.38. The van der Waals surface area contributed by atoms with E-state index >= 15 is 0 Å². The molecule has 4 heteroatoms. The van der Waals surface area contributed by atoms with Crippen LogP contribution in [-0.4, -0.2) is 18.1 Å². The van der Waals surface area contributed by atoms with E-state index in [2.05, 4.69) is 51.8 Å². The van der Waals surface area contributed by atoms with Gasteiger partial charge < -0.3 is 10.2 Å². The Labute approximate surface area is 118 Å². The van der Waals surface area contributed by atoms with Gasteiger partial charge in [-0.15, -0.1) is 11.3 Å². The second-order valence-electron chi connectivity index (χ2n) is 4.99. The highest BCUT2D eigenvalue weighted by Gasteiger charge is 2.16. The second kappa shape index (κ2) is 5.61. The number of hydrogen-bond acceptors (Lipinski definition) is 4. The van der Waals surface area contributed by atoms with Crippen molar-refractivity contribution in [3.05, 3.63) is 40.8 Å². The van der Waals surface area contributed by atoms with Gasteiger partial charge in [-0.05, 0) is 31.9 Å². The molecule has 0 aliphatic carbocycles. The number of hydrogen-bond donors (Lipinski definition) is 1. The minimum Gasteiger partial charge on any atom is -0.375 e. The molecule has 3 rings (SSSR count). The van der Waals surface area contributed by atoms with Gasteiger partial charge in [0.05, 0.1) is 28.6 Å². The van der Waals surface area contributed by atoms with Crippen LogP contribution in [0.4, 0.5) is 11.4 Å². The summed E-state index contributed by atoms with van der Waals surface area (Å²) < 4.78 is 0. The number of benzene rings is 1. The highest BCUT2D eigenvalue weighted by atomic mass is 32.1. The lowest BCUT2D eigenvalue weighted by molar-refractivity contribution is 0.846. The molecule has 1 saturated heterocycles. The minimum atomic E-state index is 0.245. The van der Waals surface area contributed by atoms with Crippen LogP contribution in [0, 0.1) is 0 Å². The predicted octanol–water partition coefficient (Wildman–Crippen LogP) is 3.92. The summed E-state index contributed by atoms with van der Waals surface area (Å²) in [5.41, 5.74) is 5.54. The van der Waals surface area contributed by atoms with Crippen LogP contribution in [0.15, 0.2) is 35.2 Å². The number of aromatic nitrogens is 1. The van der Waals surface area contributed by atoms with Crippen molar-refractivity contribution in [2.75, 3.05) is 23.3 Å². The van der Waals surface area contributed by atoms with Crippen LogP contribution in [0.2, 0.25) is 0 Å². The summed E-state index contributed by atoms with van der Waals surface area (Å²) in [4.78, 5) is 6.85. The Hall–Kier alpha value is -1.55. The summed E-state index contributed by atoms with van der Waals surface area (Å²) in [5, 5.41) is 5.70. The van der Waals surface area contributed by atoms with Crippen LogP contribution in [-0.2, 0) is 0 Å². The topological polar surface area (TPSA) is 28.2 Å². The molecule has 1 N–H and O–H groups in total. The molecule has 1 atom stereocenters. The van der Waals surface area contributed by atoms with Gasteiger partial charge in [0.1, 0.15) is 0 Å². The van der Waals surface area contributed by atoms with E-state index in [9.17, 15) is 0 Å². The van der Waals surface area contributed by atoms with Gasteiger partial charge >= 0.3 is 0 Å². The smallest absolute Gasteiger partial charge is 0.0795 e. The second-order valence-corrected chi connectivity index (χ2v) is 5.71. The molecule has 1 unspecified atom stereocenters. The fourth-order valence-corrected chi connectivity index (χ4v) is 3.22. The molecule has 100 valence electrons. The maximum absolute atomic E-state index is 4.38. The summed E-state index contributed by atoms with van der Waals surface area (Å²) in [6, 6.07) is 8.83. The molecule has 1 aliphatic heterocycles. The van der Waals surface area contributed by atoms with Crippen LogP contribution in [0.3, 0.4) is 0 Å². The summed E-state index contributed by atoms with van der Waals surface area (Å²) in [6.45, 7) is 4.50. The van der Waals surface area contributed by atoms with Gasteiger partial charge in [0.2, 0.25) is 0 Å². The lowest BCUT2D eigenvalue weighted by Crippen LogP contribution is -2.20. The van der Waals surface area contributed by atoms with E-state index in [0.29, 0.717) is 0 Å².